The highest BCUT2D eigenvalue weighted by atomic mass is 16.7. The highest BCUT2D eigenvalue weighted by molar-refractivity contribution is 5.69. The zero-order chi connectivity index (χ0) is 43.1. The summed E-state index contributed by atoms with van der Waals surface area (Å²) in [7, 11) is 0. The average Bonchev–Trinajstić information content (AvgIpc) is 3.23. The first kappa shape index (κ1) is 52.8. The van der Waals surface area contributed by atoms with E-state index in [0.717, 1.165) is 83.5 Å². The van der Waals surface area contributed by atoms with Crippen molar-refractivity contribution in [3.8, 4) is 0 Å². The number of ether oxygens (including phenoxy) is 6. The molecule has 2 saturated heterocycles. The Balaban J connectivity index is 1.68. The van der Waals surface area contributed by atoms with Crippen molar-refractivity contribution in [2.24, 2.45) is 0 Å². The number of unbranched alkanes of at least 4 members (excludes halogenated alkanes) is 8. The van der Waals surface area contributed by atoms with Crippen molar-refractivity contribution in [3.05, 3.63) is 60.8 Å². The van der Waals surface area contributed by atoms with Crippen LogP contribution in [0.25, 0.3) is 0 Å². The number of hydrogen-bond acceptors (Lipinski definition) is 14. The van der Waals surface area contributed by atoms with Gasteiger partial charge in [-0.15, -0.1) is 0 Å². The second-order valence-electron chi connectivity index (χ2n) is 15.1. The second-order valence-corrected chi connectivity index (χ2v) is 15.1. The Kier molecular flexibility index (Phi) is 29.8. The first-order valence-electron chi connectivity index (χ1n) is 21.9. The first-order chi connectivity index (χ1) is 28.6. The number of rotatable bonds is 32. The Morgan fingerprint density at radius 1 is 0.576 bits per heavy atom. The van der Waals surface area contributed by atoms with Crippen LogP contribution in [-0.4, -0.2) is 142 Å². The molecule has 11 atom stereocenters. The van der Waals surface area contributed by atoms with E-state index in [2.05, 4.69) is 67.7 Å². The van der Waals surface area contributed by atoms with E-state index in [1.807, 2.05) is 6.92 Å². The van der Waals surface area contributed by atoms with Gasteiger partial charge >= 0.3 is 5.97 Å². The Morgan fingerprint density at radius 3 is 1.69 bits per heavy atom. The summed E-state index contributed by atoms with van der Waals surface area (Å²) in [6.07, 6.45) is 21.1. The zero-order valence-corrected chi connectivity index (χ0v) is 35.5. The number of carbonyl (C=O) groups is 1. The summed E-state index contributed by atoms with van der Waals surface area (Å²) in [6, 6.07) is 0. The van der Waals surface area contributed by atoms with E-state index in [-0.39, 0.29) is 19.6 Å². The van der Waals surface area contributed by atoms with Crippen molar-refractivity contribution in [3.63, 3.8) is 0 Å². The predicted octanol–water partition coefficient (Wildman–Crippen LogP) is 4.62. The number of allylic oxidation sites excluding steroid dienone is 10. The lowest BCUT2D eigenvalue weighted by Gasteiger charge is -2.42. The van der Waals surface area contributed by atoms with Gasteiger partial charge in [0.05, 0.1) is 26.4 Å². The van der Waals surface area contributed by atoms with Gasteiger partial charge < -0.3 is 64.2 Å². The van der Waals surface area contributed by atoms with Crippen LogP contribution in [0.15, 0.2) is 60.8 Å². The highest BCUT2D eigenvalue weighted by Gasteiger charge is 2.47. The summed E-state index contributed by atoms with van der Waals surface area (Å²) in [5.74, 6) is -0.411. The summed E-state index contributed by atoms with van der Waals surface area (Å²) in [4.78, 5) is 12.6. The van der Waals surface area contributed by atoms with Gasteiger partial charge in [0.2, 0.25) is 0 Å². The minimum atomic E-state index is -1.71. The Morgan fingerprint density at radius 2 is 1.10 bits per heavy atom. The van der Waals surface area contributed by atoms with Crippen LogP contribution in [0.1, 0.15) is 117 Å². The molecule has 0 aromatic carbocycles. The van der Waals surface area contributed by atoms with Crippen LogP contribution in [-0.2, 0) is 33.2 Å². The van der Waals surface area contributed by atoms with Crippen molar-refractivity contribution in [1.29, 1.82) is 0 Å². The quantitative estimate of drug-likeness (QED) is 0.0280. The number of esters is 1. The predicted molar refractivity (Wildman–Crippen MR) is 224 cm³/mol. The zero-order valence-electron chi connectivity index (χ0n) is 35.5. The van der Waals surface area contributed by atoms with Crippen LogP contribution in [0.2, 0.25) is 0 Å². The van der Waals surface area contributed by atoms with Crippen LogP contribution >= 0.6 is 0 Å². The minimum absolute atomic E-state index is 0.0460. The fourth-order valence-electron chi connectivity index (χ4n) is 6.43. The van der Waals surface area contributed by atoms with Crippen molar-refractivity contribution in [1.82, 2.24) is 0 Å². The maximum absolute atomic E-state index is 12.6. The van der Waals surface area contributed by atoms with Gasteiger partial charge in [0.25, 0.3) is 0 Å². The van der Waals surface area contributed by atoms with Crippen molar-refractivity contribution >= 4 is 5.97 Å². The molecule has 2 aliphatic heterocycles. The fraction of sp³-hybridized carbons (Fsp3) is 0.756. The molecule has 7 N–H and O–H groups in total. The standard InChI is InChI=1S/C45H76O14/c1-3-5-7-8-9-10-11-12-13-14-15-16-17-18-19-20-21-22-23-24-25-27-29-54-31-34(57-37(47)28-26-6-4-2)32-55-44-43(53)41(51)39(49)36(59-44)33-56-45-42(52)40(50)38(48)35(30-46)58-45/h5,7,9-10,12-13,15-16,18-19,34-36,38-46,48-53H,3-4,6,8,11,14,17,20-33H2,1-2H3/b7-5-,10-9-,13-12-,16-15-,19-18-. The molecule has 0 bridgehead atoms. The molecule has 0 aromatic heterocycles. The molecule has 0 radical (unpaired) electrons. The summed E-state index contributed by atoms with van der Waals surface area (Å²) in [5.41, 5.74) is 0. The molecule has 59 heavy (non-hydrogen) atoms. The van der Waals surface area contributed by atoms with Crippen molar-refractivity contribution in [2.45, 2.75) is 184 Å². The Labute approximate surface area is 352 Å². The molecule has 14 heteroatoms. The van der Waals surface area contributed by atoms with E-state index in [9.17, 15) is 40.5 Å². The lowest BCUT2D eigenvalue weighted by Crippen LogP contribution is -2.61. The third kappa shape index (κ3) is 22.4. The van der Waals surface area contributed by atoms with Gasteiger partial charge in [-0.3, -0.25) is 4.79 Å². The molecule has 14 nitrogen and oxygen atoms in total. The molecule has 2 rings (SSSR count). The van der Waals surface area contributed by atoms with Gasteiger partial charge in [-0.25, -0.2) is 0 Å². The lowest BCUT2D eigenvalue weighted by molar-refractivity contribution is -0.332. The van der Waals surface area contributed by atoms with Crippen molar-refractivity contribution < 1.29 is 69.0 Å². The van der Waals surface area contributed by atoms with Gasteiger partial charge in [-0.05, 0) is 57.8 Å². The SMILES string of the molecule is CC/C=C\C/C=C\C/C=C\C/C=C\C/C=C\CCCCCCCCOCC(COC1OC(COC2OC(CO)C(O)C(O)C2O)C(O)C(O)C1O)OC(=O)CCCCC. The third-order valence-electron chi connectivity index (χ3n) is 10.0. The Hall–Kier alpha value is -2.31. The van der Waals surface area contributed by atoms with Gasteiger partial charge in [0.1, 0.15) is 54.9 Å². The molecule has 2 aliphatic rings. The lowest BCUT2D eigenvalue weighted by atomic mass is 9.98. The second kappa shape index (κ2) is 33.3. The average molecular weight is 841 g/mol. The van der Waals surface area contributed by atoms with Crippen LogP contribution in [0.5, 0.6) is 0 Å². The number of aliphatic hydroxyl groups excluding tert-OH is 7. The minimum Gasteiger partial charge on any atom is -0.457 e. The van der Waals surface area contributed by atoms with Gasteiger partial charge in [-0.1, -0.05) is 113 Å². The molecule has 0 aliphatic carbocycles. The van der Waals surface area contributed by atoms with E-state index in [1.165, 1.54) is 6.42 Å². The molecule has 11 unspecified atom stereocenters. The summed E-state index contributed by atoms with van der Waals surface area (Å²) < 4.78 is 33.8. The van der Waals surface area contributed by atoms with Gasteiger partial charge in [0, 0.05) is 13.0 Å². The molecule has 0 spiro atoms. The first-order valence-corrected chi connectivity index (χ1v) is 21.9. The van der Waals surface area contributed by atoms with E-state index in [4.69, 9.17) is 28.4 Å². The summed E-state index contributed by atoms with van der Waals surface area (Å²) in [5, 5.41) is 71.5. The molecular formula is C45H76O14. The van der Waals surface area contributed by atoms with Crippen LogP contribution in [0.4, 0.5) is 0 Å². The molecule has 0 amide bonds. The molecule has 340 valence electrons. The van der Waals surface area contributed by atoms with E-state index in [0.29, 0.717) is 13.0 Å². The molecule has 2 fully saturated rings. The maximum Gasteiger partial charge on any atom is 0.306 e. The molecule has 2 heterocycles. The number of aliphatic hydroxyl groups is 7. The van der Waals surface area contributed by atoms with Crippen LogP contribution in [0, 0.1) is 0 Å². The largest absolute Gasteiger partial charge is 0.457 e. The van der Waals surface area contributed by atoms with Gasteiger partial charge in [0.15, 0.2) is 12.6 Å². The smallest absolute Gasteiger partial charge is 0.306 e. The number of carbonyl (C=O) groups excluding carboxylic acids is 1. The van der Waals surface area contributed by atoms with Crippen molar-refractivity contribution in [2.75, 3.05) is 33.0 Å². The Bertz CT molecular complexity index is 1210. The fourth-order valence-corrected chi connectivity index (χ4v) is 6.43. The summed E-state index contributed by atoms with van der Waals surface area (Å²) in [6.45, 7) is 3.31. The van der Waals surface area contributed by atoms with E-state index in [1.54, 1.807) is 0 Å². The topological polar surface area (TPSA) is 214 Å². The highest BCUT2D eigenvalue weighted by Crippen LogP contribution is 2.26. The summed E-state index contributed by atoms with van der Waals surface area (Å²) >= 11 is 0. The van der Waals surface area contributed by atoms with Crippen LogP contribution < -0.4 is 0 Å². The maximum atomic E-state index is 12.6. The molecular weight excluding hydrogens is 764 g/mol. The number of hydrogen-bond donors (Lipinski definition) is 7. The molecule has 0 saturated carbocycles. The normalized spacial score (nSPS) is 28.6. The van der Waals surface area contributed by atoms with Gasteiger partial charge in [-0.2, -0.15) is 0 Å². The van der Waals surface area contributed by atoms with Crippen LogP contribution in [0.3, 0.4) is 0 Å². The van der Waals surface area contributed by atoms with E-state index >= 15 is 0 Å². The monoisotopic (exact) mass is 841 g/mol. The third-order valence-corrected chi connectivity index (χ3v) is 10.0. The molecule has 0 aromatic rings. The van der Waals surface area contributed by atoms with E-state index < -0.39 is 86.7 Å².